The molecule has 2 aliphatic rings. The predicted octanol–water partition coefficient (Wildman–Crippen LogP) is 4.09. The summed E-state index contributed by atoms with van der Waals surface area (Å²) in [6.07, 6.45) is 5.89. The van der Waals surface area contributed by atoms with E-state index in [1.54, 1.807) is 12.1 Å². The second kappa shape index (κ2) is 13.3. The largest absolute Gasteiger partial charge is 0.371 e. The number of piperidine rings is 2. The van der Waals surface area contributed by atoms with Gasteiger partial charge in [0.15, 0.2) is 5.96 Å². The number of benzene rings is 1. The topological polar surface area (TPSA) is 42.9 Å². The van der Waals surface area contributed by atoms with Crippen molar-refractivity contribution in [1.82, 2.24) is 15.5 Å². The standard InChI is InChI=1S/C23H38FN5.HI/c1-3-25-23(26-13-8-19-9-14-28(4-2)15-10-19)27-21-11-16-29(17-12-21)22-7-5-6-20(24)18-22;/h5-7,18-19,21H,3-4,8-17H2,1-2H3,(H2,25,26,27);1H. The van der Waals surface area contributed by atoms with Gasteiger partial charge in [0, 0.05) is 37.9 Å². The van der Waals surface area contributed by atoms with Gasteiger partial charge in [-0.05, 0) is 82.8 Å². The van der Waals surface area contributed by atoms with E-state index in [4.69, 9.17) is 4.99 Å². The van der Waals surface area contributed by atoms with E-state index in [2.05, 4.69) is 34.3 Å². The van der Waals surface area contributed by atoms with Crippen molar-refractivity contribution in [2.45, 2.75) is 52.0 Å². The van der Waals surface area contributed by atoms with Crippen LogP contribution >= 0.6 is 24.0 Å². The van der Waals surface area contributed by atoms with Crippen LogP contribution in [0.5, 0.6) is 0 Å². The predicted molar refractivity (Wildman–Crippen MR) is 136 cm³/mol. The molecule has 1 aromatic carbocycles. The number of rotatable bonds is 7. The van der Waals surface area contributed by atoms with Gasteiger partial charge in [0.2, 0.25) is 0 Å². The number of hydrogen-bond donors (Lipinski definition) is 2. The van der Waals surface area contributed by atoms with Crippen molar-refractivity contribution in [1.29, 1.82) is 0 Å². The van der Waals surface area contributed by atoms with Gasteiger partial charge < -0.3 is 20.4 Å². The van der Waals surface area contributed by atoms with Gasteiger partial charge in [-0.15, -0.1) is 24.0 Å². The number of hydrogen-bond acceptors (Lipinski definition) is 3. The van der Waals surface area contributed by atoms with Gasteiger partial charge in [0.05, 0.1) is 0 Å². The molecule has 0 saturated carbocycles. The summed E-state index contributed by atoms with van der Waals surface area (Å²) >= 11 is 0. The fourth-order valence-corrected chi connectivity index (χ4v) is 4.42. The van der Waals surface area contributed by atoms with E-state index in [1.165, 1.54) is 45.0 Å². The van der Waals surface area contributed by atoms with Crippen molar-refractivity contribution in [3.8, 4) is 0 Å². The normalized spacial score (nSPS) is 19.4. The Bertz CT molecular complexity index is 640. The minimum Gasteiger partial charge on any atom is -0.371 e. The summed E-state index contributed by atoms with van der Waals surface area (Å²) < 4.78 is 13.5. The summed E-state index contributed by atoms with van der Waals surface area (Å²) in [5.74, 6) is 1.60. The van der Waals surface area contributed by atoms with Gasteiger partial charge in [-0.25, -0.2) is 4.39 Å². The number of nitrogens with one attached hydrogen (secondary N) is 2. The van der Waals surface area contributed by atoms with E-state index in [0.29, 0.717) is 6.04 Å². The fourth-order valence-electron chi connectivity index (χ4n) is 4.42. The minimum atomic E-state index is -0.162. The first-order valence-electron chi connectivity index (χ1n) is 11.5. The summed E-state index contributed by atoms with van der Waals surface area (Å²) in [6, 6.07) is 7.34. The molecule has 2 heterocycles. The zero-order chi connectivity index (χ0) is 20.5. The Morgan fingerprint density at radius 3 is 2.47 bits per heavy atom. The molecule has 0 aliphatic carbocycles. The lowest BCUT2D eigenvalue weighted by Gasteiger charge is -2.34. The van der Waals surface area contributed by atoms with Gasteiger partial charge in [0.1, 0.15) is 5.82 Å². The Kier molecular flexibility index (Phi) is 11.2. The monoisotopic (exact) mass is 531 g/mol. The summed E-state index contributed by atoms with van der Waals surface area (Å²) in [7, 11) is 0. The average Bonchev–Trinajstić information content (AvgIpc) is 2.75. The first kappa shape index (κ1) is 25.2. The van der Waals surface area contributed by atoms with Gasteiger partial charge in [0.25, 0.3) is 0 Å². The molecule has 2 N–H and O–H groups in total. The van der Waals surface area contributed by atoms with E-state index in [1.807, 2.05) is 6.07 Å². The van der Waals surface area contributed by atoms with Crippen LogP contribution in [0.2, 0.25) is 0 Å². The number of halogens is 2. The Balaban J connectivity index is 0.00000320. The molecule has 3 rings (SSSR count). The van der Waals surface area contributed by atoms with Crippen LogP contribution in [-0.2, 0) is 0 Å². The van der Waals surface area contributed by atoms with Crippen LogP contribution in [0, 0.1) is 11.7 Å². The number of guanidine groups is 1. The van der Waals surface area contributed by atoms with Crippen LogP contribution in [0.25, 0.3) is 0 Å². The molecule has 2 fully saturated rings. The van der Waals surface area contributed by atoms with Gasteiger partial charge in [-0.3, -0.25) is 4.99 Å². The van der Waals surface area contributed by atoms with Gasteiger partial charge in [-0.1, -0.05) is 13.0 Å². The van der Waals surface area contributed by atoms with Crippen molar-refractivity contribution in [2.75, 3.05) is 50.7 Å². The van der Waals surface area contributed by atoms with Crippen LogP contribution < -0.4 is 15.5 Å². The van der Waals surface area contributed by atoms with E-state index in [0.717, 1.165) is 56.6 Å². The van der Waals surface area contributed by atoms with Crippen LogP contribution in [0.3, 0.4) is 0 Å². The maximum atomic E-state index is 13.5. The molecule has 1 aromatic rings. The molecule has 0 amide bonds. The highest BCUT2D eigenvalue weighted by atomic mass is 127. The van der Waals surface area contributed by atoms with E-state index in [9.17, 15) is 4.39 Å². The molecule has 30 heavy (non-hydrogen) atoms. The van der Waals surface area contributed by atoms with Crippen LogP contribution in [0.4, 0.5) is 10.1 Å². The molecule has 0 unspecified atom stereocenters. The van der Waals surface area contributed by atoms with Crippen LogP contribution in [0.1, 0.15) is 46.0 Å². The molecule has 2 saturated heterocycles. The molecule has 5 nitrogen and oxygen atoms in total. The fraction of sp³-hybridized carbons (Fsp3) is 0.696. The second-order valence-electron chi connectivity index (χ2n) is 8.31. The molecule has 0 radical (unpaired) electrons. The van der Waals surface area contributed by atoms with Crippen molar-refractivity contribution < 1.29 is 4.39 Å². The van der Waals surface area contributed by atoms with Crippen molar-refractivity contribution in [3.05, 3.63) is 30.1 Å². The van der Waals surface area contributed by atoms with Crippen LogP contribution in [0.15, 0.2) is 29.3 Å². The third kappa shape index (κ3) is 7.87. The quantitative estimate of drug-likeness (QED) is 0.316. The van der Waals surface area contributed by atoms with E-state index < -0.39 is 0 Å². The number of likely N-dealkylation sites (tertiary alicyclic amines) is 1. The molecular formula is C23H39FIN5. The van der Waals surface area contributed by atoms with Crippen molar-refractivity contribution in [2.24, 2.45) is 10.9 Å². The summed E-state index contributed by atoms with van der Waals surface area (Å²) in [6.45, 7) is 11.7. The molecule has 0 atom stereocenters. The highest BCUT2D eigenvalue weighted by Crippen LogP contribution is 2.21. The second-order valence-corrected chi connectivity index (χ2v) is 8.31. The molecule has 0 bridgehead atoms. The Morgan fingerprint density at radius 2 is 1.83 bits per heavy atom. The van der Waals surface area contributed by atoms with Gasteiger partial charge in [-0.2, -0.15) is 0 Å². The highest BCUT2D eigenvalue weighted by Gasteiger charge is 2.21. The first-order valence-corrected chi connectivity index (χ1v) is 11.5. The minimum absolute atomic E-state index is 0. The molecule has 2 aliphatic heterocycles. The van der Waals surface area contributed by atoms with Crippen LogP contribution in [-0.4, -0.2) is 62.7 Å². The molecule has 0 aromatic heterocycles. The summed E-state index contributed by atoms with van der Waals surface area (Å²) in [5, 5.41) is 7.03. The zero-order valence-corrected chi connectivity index (χ0v) is 20.9. The SMILES string of the molecule is CCNC(=NCCC1CCN(CC)CC1)NC1CCN(c2cccc(F)c2)CC1.I. The first-order chi connectivity index (χ1) is 14.2. The number of anilines is 1. The third-order valence-electron chi connectivity index (χ3n) is 6.32. The third-order valence-corrected chi connectivity index (χ3v) is 6.32. The number of aliphatic imine (C=N–C) groups is 1. The molecule has 170 valence electrons. The Labute approximate surface area is 198 Å². The molecular weight excluding hydrogens is 492 g/mol. The lowest BCUT2D eigenvalue weighted by atomic mass is 9.94. The number of nitrogens with zero attached hydrogens (tertiary/aromatic N) is 3. The Morgan fingerprint density at radius 1 is 1.10 bits per heavy atom. The summed E-state index contributed by atoms with van der Waals surface area (Å²) in [4.78, 5) is 9.66. The Hall–Kier alpha value is -1.09. The zero-order valence-electron chi connectivity index (χ0n) is 18.6. The maximum Gasteiger partial charge on any atom is 0.191 e. The summed E-state index contributed by atoms with van der Waals surface area (Å²) in [5.41, 5.74) is 0.984. The van der Waals surface area contributed by atoms with E-state index >= 15 is 0 Å². The van der Waals surface area contributed by atoms with Crippen molar-refractivity contribution >= 4 is 35.6 Å². The molecule has 7 heteroatoms. The molecule has 0 spiro atoms. The van der Waals surface area contributed by atoms with Crippen molar-refractivity contribution in [3.63, 3.8) is 0 Å². The lowest BCUT2D eigenvalue weighted by molar-refractivity contribution is 0.188. The van der Waals surface area contributed by atoms with E-state index in [-0.39, 0.29) is 29.8 Å². The lowest BCUT2D eigenvalue weighted by Crippen LogP contribution is -2.48. The van der Waals surface area contributed by atoms with Gasteiger partial charge >= 0.3 is 0 Å². The average molecular weight is 532 g/mol. The smallest absolute Gasteiger partial charge is 0.191 e. The maximum absolute atomic E-state index is 13.5. The highest BCUT2D eigenvalue weighted by molar-refractivity contribution is 14.0.